The molecule has 17 heavy (non-hydrogen) atoms. The second kappa shape index (κ2) is 5.30. The molecule has 2 N–H and O–H groups in total. The summed E-state index contributed by atoms with van der Waals surface area (Å²) < 4.78 is 13.9. The van der Waals surface area contributed by atoms with Crippen molar-refractivity contribution in [3.05, 3.63) is 33.1 Å². The van der Waals surface area contributed by atoms with Gasteiger partial charge in [-0.2, -0.15) is 0 Å². The molecular weight excluding hydrogens is 334 g/mol. The topological polar surface area (TPSA) is 46.3 Å². The smallest absolute Gasteiger partial charge is 0.253 e. The number of benzene rings is 1. The lowest BCUT2D eigenvalue weighted by Gasteiger charge is -2.16. The van der Waals surface area contributed by atoms with Crippen LogP contribution in [0.15, 0.2) is 18.2 Å². The first kappa shape index (κ1) is 12.8. The lowest BCUT2D eigenvalue weighted by molar-refractivity contribution is 0.0787. The SMILES string of the molecule is NCC1CCN(C(=O)c2ccc(I)c(F)c2)C1. The van der Waals surface area contributed by atoms with Gasteiger partial charge in [0, 0.05) is 22.2 Å². The quantitative estimate of drug-likeness (QED) is 0.830. The predicted octanol–water partition coefficient (Wildman–Crippen LogP) is 1.85. The third kappa shape index (κ3) is 2.77. The average Bonchev–Trinajstić information content (AvgIpc) is 2.80. The van der Waals surface area contributed by atoms with Gasteiger partial charge in [0.05, 0.1) is 0 Å². The molecule has 1 atom stereocenters. The van der Waals surface area contributed by atoms with Gasteiger partial charge in [-0.25, -0.2) is 4.39 Å². The molecule has 92 valence electrons. The summed E-state index contributed by atoms with van der Waals surface area (Å²) in [5.41, 5.74) is 6.00. The van der Waals surface area contributed by atoms with Gasteiger partial charge in [0.15, 0.2) is 0 Å². The first-order chi connectivity index (χ1) is 8.11. The number of hydrogen-bond acceptors (Lipinski definition) is 2. The monoisotopic (exact) mass is 348 g/mol. The van der Waals surface area contributed by atoms with Crippen LogP contribution < -0.4 is 5.73 Å². The van der Waals surface area contributed by atoms with E-state index < -0.39 is 0 Å². The van der Waals surface area contributed by atoms with E-state index in [-0.39, 0.29) is 11.7 Å². The first-order valence-electron chi connectivity index (χ1n) is 5.56. The van der Waals surface area contributed by atoms with E-state index in [1.165, 1.54) is 6.07 Å². The third-order valence-corrected chi connectivity index (χ3v) is 3.95. The Kier molecular flexibility index (Phi) is 3.98. The van der Waals surface area contributed by atoms with Gasteiger partial charge < -0.3 is 10.6 Å². The second-order valence-corrected chi connectivity index (χ2v) is 5.43. The van der Waals surface area contributed by atoms with Gasteiger partial charge in [-0.15, -0.1) is 0 Å². The van der Waals surface area contributed by atoms with Gasteiger partial charge in [0.25, 0.3) is 5.91 Å². The molecule has 1 unspecified atom stereocenters. The minimum absolute atomic E-state index is 0.101. The Hall–Kier alpha value is -0.690. The molecule has 1 fully saturated rings. The number of rotatable bonds is 2. The molecule has 1 aliphatic heterocycles. The maximum absolute atomic E-state index is 13.4. The molecule has 3 nitrogen and oxygen atoms in total. The van der Waals surface area contributed by atoms with Gasteiger partial charge in [-0.1, -0.05) is 0 Å². The standard InChI is InChI=1S/C12H14FIN2O/c13-10-5-9(1-2-11(10)14)12(17)16-4-3-8(6-15)7-16/h1-2,5,8H,3-4,6-7,15H2. The fourth-order valence-electron chi connectivity index (χ4n) is 2.02. The molecule has 0 aliphatic carbocycles. The maximum Gasteiger partial charge on any atom is 0.253 e. The molecule has 1 aromatic carbocycles. The lowest BCUT2D eigenvalue weighted by atomic mass is 10.1. The summed E-state index contributed by atoms with van der Waals surface area (Å²) in [7, 11) is 0. The first-order valence-corrected chi connectivity index (χ1v) is 6.64. The fraction of sp³-hybridized carbons (Fsp3) is 0.417. The van der Waals surface area contributed by atoms with Crippen LogP contribution in [0.1, 0.15) is 16.8 Å². The van der Waals surface area contributed by atoms with Crippen LogP contribution in [0.2, 0.25) is 0 Å². The highest BCUT2D eigenvalue weighted by molar-refractivity contribution is 14.1. The van der Waals surface area contributed by atoms with Crippen molar-refractivity contribution >= 4 is 28.5 Å². The number of nitrogens with zero attached hydrogens (tertiary/aromatic N) is 1. The average molecular weight is 348 g/mol. The summed E-state index contributed by atoms with van der Waals surface area (Å²) in [6, 6.07) is 4.60. The molecular formula is C12H14FIN2O. The van der Waals surface area contributed by atoms with Crippen LogP contribution in [0.4, 0.5) is 4.39 Å². The number of likely N-dealkylation sites (tertiary alicyclic amines) is 1. The number of nitrogens with two attached hydrogens (primary N) is 1. The summed E-state index contributed by atoms with van der Waals surface area (Å²) in [6.07, 6.45) is 0.940. The van der Waals surface area contributed by atoms with E-state index in [4.69, 9.17) is 5.73 Å². The summed E-state index contributed by atoms with van der Waals surface area (Å²) in [4.78, 5) is 13.8. The Morgan fingerprint density at radius 1 is 1.59 bits per heavy atom. The molecule has 0 radical (unpaired) electrons. The van der Waals surface area contributed by atoms with Gasteiger partial charge in [-0.05, 0) is 59.7 Å². The molecule has 1 saturated heterocycles. The summed E-state index contributed by atoms with van der Waals surface area (Å²) >= 11 is 1.91. The van der Waals surface area contributed by atoms with E-state index in [1.807, 2.05) is 22.6 Å². The van der Waals surface area contributed by atoms with E-state index in [0.717, 1.165) is 6.42 Å². The normalized spacial score (nSPS) is 19.7. The van der Waals surface area contributed by atoms with Gasteiger partial charge >= 0.3 is 0 Å². The Labute approximate surface area is 113 Å². The van der Waals surface area contributed by atoms with Crippen molar-refractivity contribution in [3.63, 3.8) is 0 Å². The van der Waals surface area contributed by atoms with E-state index >= 15 is 0 Å². The van der Waals surface area contributed by atoms with Crippen molar-refractivity contribution in [2.24, 2.45) is 11.7 Å². The number of hydrogen-bond donors (Lipinski definition) is 1. The molecule has 1 aromatic rings. The second-order valence-electron chi connectivity index (χ2n) is 4.27. The summed E-state index contributed by atoms with van der Waals surface area (Å²) in [5, 5.41) is 0. The van der Waals surface area contributed by atoms with Crippen LogP contribution >= 0.6 is 22.6 Å². The molecule has 5 heteroatoms. The minimum atomic E-state index is -0.342. The lowest BCUT2D eigenvalue weighted by Crippen LogP contribution is -2.29. The molecule has 0 aromatic heterocycles. The highest BCUT2D eigenvalue weighted by Crippen LogP contribution is 2.19. The van der Waals surface area contributed by atoms with Gasteiger partial charge in [0.2, 0.25) is 0 Å². The Morgan fingerprint density at radius 2 is 2.35 bits per heavy atom. The zero-order valence-electron chi connectivity index (χ0n) is 9.33. The zero-order chi connectivity index (χ0) is 12.4. The van der Waals surface area contributed by atoms with Crippen LogP contribution in [-0.2, 0) is 0 Å². The largest absolute Gasteiger partial charge is 0.338 e. The Bertz CT molecular complexity index is 439. The predicted molar refractivity (Wildman–Crippen MR) is 72.2 cm³/mol. The number of carbonyl (C=O) groups is 1. The number of amides is 1. The van der Waals surface area contributed by atoms with Crippen LogP contribution in [-0.4, -0.2) is 30.4 Å². The van der Waals surface area contributed by atoms with Crippen molar-refractivity contribution in [3.8, 4) is 0 Å². The molecule has 1 heterocycles. The highest BCUT2D eigenvalue weighted by Gasteiger charge is 2.26. The fourth-order valence-corrected chi connectivity index (χ4v) is 2.36. The maximum atomic E-state index is 13.4. The van der Waals surface area contributed by atoms with Crippen molar-refractivity contribution in [1.82, 2.24) is 4.90 Å². The van der Waals surface area contributed by atoms with Gasteiger partial charge in [0.1, 0.15) is 5.82 Å². The highest BCUT2D eigenvalue weighted by atomic mass is 127. The van der Waals surface area contributed by atoms with Gasteiger partial charge in [-0.3, -0.25) is 4.79 Å². The number of carbonyl (C=O) groups excluding carboxylic acids is 1. The van der Waals surface area contributed by atoms with Crippen molar-refractivity contribution in [1.29, 1.82) is 0 Å². The number of halogens is 2. The van der Waals surface area contributed by atoms with E-state index in [2.05, 4.69) is 0 Å². The minimum Gasteiger partial charge on any atom is -0.338 e. The Morgan fingerprint density at radius 3 is 2.94 bits per heavy atom. The molecule has 1 aliphatic rings. The van der Waals surface area contributed by atoms with Crippen LogP contribution in [0.25, 0.3) is 0 Å². The van der Waals surface area contributed by atoms with E-state index in [9.17, 15) is 9.18 Å². The molecule has 0 bridgehead atoms. The Balaban J connectivity index is 2.12. The van der Waals surface area contributed by atoms with E-state index in [1.54, 1.807) is 17.0 Å². The van der Waals surface area contributed by atoms with Crippen molar-refractivity contribution < 1.29 is 9.18 Å². The van der Waals surface area contributed by atoms with Crippen molar-refractivity contribution in [2.75, 3.05) is 19.6 Å². The molecule has 2 rings (SSSR count). The molecule has 0 spiro atoms. The van der Waals surface area contributed by atoms with Crippen LogP contribution in [0.5, 0.6) is 0 Å². The van der Waals surface area contributed by atoms with Crippen LogP contribution in [0.3, 0.4) is 0 Å². The third-order valence-electron chi connectivity index (χ3n) is 3.07. The van der Waals surface area contributed by atoms with Crippen LogP contribution in [0, 0.1) is 15.3 Å². The summed E-state index contributed by atoms with van der Waals surface area (Å²) in [6.45, 7) is 2.00. The van der Waals surface area contributed by atoms with Crippen molar-refractivity contribution in [2.45, 2.75) is 6.42 Å². The molecule has 0 saturated carbocycles. The zero-order valence-corrected chi connectivity index (χ0v) is 11.5. The van der Waals surface area contributed by atoms with E-state index in [0.29, 0.717) is 34.7 Å². The molecule has 1 amide bonds. The summed E-state index contributed by atoms with van der Waals surface area (Å²) in [5.74, 6) is -0.0603.